The summed E-state index contributed by atoms with van der Waals surface area (Å²) in [6, 6.07) is 13.4. The molecule has 1 fully saturated rings. The quantitative estimate of drug-likeness (QED) is 0.508. The standard InChI is InChI=1S/C25H28FN5O3S/c1-25(2,3)23(33)31-14-12-30(13-15-31)20-10-8-19(9-11-20)27-21(32)16-35-24-29-28-22(34-24)17-4-6-18(26)7-5-17/h4-11H,12-16H2,1-3H3,(H,27,32). The number of nitrogens with one attached hydrogen (secondary N) is 1. The summed E-state index contributed by atoms with van der Waals surface area (Å²) in [7, 11) is 0. The number of hydrogen-bond acceptors (Lipinski definition) is 7. The van der Waals surface area contributed by atoms with Crippen LogP contribution in [0.1, 0.15) is 20.8 Å². The van der Waals surface area contributed by atoms with Gasteiger partial charge in [-0.05, 0) is 48.5 Å². The molecule has 0 aliphatic carbocycles. The van der Waals surface area contributed by atoms with Gasteiger partial charge >= 0.3 is 0 Å². The van der Waals surface area contributed by atoms with E-state index in [4.69, 9.17) is 4.42 Å². The fourth-order valence-corrected chi connectivity index (χ4v) is 4.26. The van der Waals surface area contributed by atoms with E-state index in [1.54, 1.807) is 12.1 Å². The molecule has 1 aliphatic heterocycles. The summed E-state index contributed by atoms with van der Waals surface area (Å²) in [6.45, 7) is 8.78. The first-order valence-electron chi connectivity index (χ1n) is 11.4. The van der Waals surface area contributed by atoms with E-state index in [9.17, 15) is 14.0 Å². The molecule has 184 valence electrons. The average Bonchev–Trinajstić information content (AvgIpc) is 3.32. The first kappa shape index (κ1) is 24.7. The number of benzene rings is 2. The molecular formula is C25H28FN5O3S. The molecule has 2 amide bonds. The van der Waals surface area contributed by atoms with Crippen LogP contribution in [0.5, 0.6) is 0 Å². The average molecular weight is 498 g/mol. The van der Waals surface area contributed by atoms with Gasteiger partial charge in [0.25, 0.3) is 5.22 Å². The van der Waals surface area contributed by atoms with Gasteiger partial charge in [-0.2, -0.15) is 0 Å². The summed E-state index contributed by atoms with van der Waals surface area (Å²) >= 11 is 1.13. The van der Waals surface area contributed by atoms with Gasteiger partial charge in [-0.15, -0.1) is 10.2 Å². The zero-order chi connectivity index (χ0) is 25.0. The largest absolute Gasteiger partial charge is 0.411 e. The van der Waals surface area contributed by atoms with Crippen molar-refractivity contribution in [2.45, 2.75) is 26.0 Å². The number of halogens is 1. The SMILES string of the molecule is CC(C)(C)C(=O)N1CCN(c2ccc(NC(=O)CSc3nnc(-c4ccc(F)cc4)o3)cc2)CC1. The van der Waals surface area contributed by atoms with Crippen molar-refractivity contribution in [2.75, 3.05) is 42.1 Å². The number of piperazine rings is 1. The van der Waals surface area contributed by atoms with E-state index >= 15 is 0 Å². The Balaban J connectivity index is 1.24. The normalized spacial score (nSPS) is 14.2. The number of aromatic nitrogens is 2. The molecule has 2 aromatic carbocycles. The van der Waals surface area contributed by atoms with E-state index in [1.165, 1.54) is 12.1 Å². The molecule has 0 radical (unpaired) electrons. The Morgan fingerprint density at radius 1 is 1.00 bits per heavy atom. The molecule has 2 heterocycles. The summed E-state index contributed by atoms with van der Waals surface area (Å²) in [5.41, 5.74) is 1.99. The molecule has 1 aliphatic rings. The van der Waals surface area contributed by atoms with Crippen LogP contribution in [0.4, 0.5) is 15.8 Å². The minimum atomic E-state index is -0.366. The minimum Gasteiger partial charge on any atom is -0.411 e. The van der Waals surface area contributed by atoms with Crippen molar-refractivity contribution in [3.63, 3.8) is 0 Å². The number of thioether (sulfide) groups is 1. The van der Waals surface area contributed by atoms with Crippen molar-refractivity contribution in [2.24, 2.45) is 5.41 Å². The second-order valence-electron chi connectivity index (χ2n) is 9.29. The Hall–Kier alpha value is -3.40. The highest BCUT2D eigenvalue weighted by atomic mass is 32.2. The van der Waals surface area contributed by atoms with E-state index < -0.39 is 0 Å². The van der Waals surface area contributed by atoms with Gasteiger partial charge in [0.15, 0.2) is 0 Å². The van der Waals surface area contributed by atoms with Crippen LogP contribution >= 0.6 is 11.8 Å². The van der Waals surface area contributed by atoms with E-state index in [-0.39, 0.29) is 39.9 Å². The molecule has 10 heteroatoms. The predicted molar refractivity (Wildman–Crippen MR) is 134 cm³/mol. The van der Waals surface area contributed by atoms with Crippen LogP contribution in [0.3, 0.4) is 0 Å². The first-order chi connectivity index (χ1) is 16.7. The Labute approximate surface area is 207 Å². The Kier molecular flexibility index (Phi) is 7.39. The molecule has 0 saturated carbocycles. The maximum atomic E-state index is 13.1. The van der Waals surface area contributed by atoms with Crippen LogP contribution in [-0.2, 0) is 9.59 Å². The van der Waals surface area contributed by atoms with Crippen molar-refractivity contribution >= 4 is 35.0 Å². The lowest BCUT2D eigenvalue weighted by Crippen LogP contribution is -2.51. The fourth-order valence-electron chi connectivity index (χ4n) is 3.70. The van der Waals surface area contributed by atoms with Crippen LogP contribution in [0.25, 0.3) is 11.5 Å². The summed E-state index contributed by atoms with van der Waals surface area (Å²) in [6.07, 6.45) is 0. The monoisotopic (exact) mass is 497 g/mol. The lowest BCUT2D eigenvalue weighted by atomic mass is 9.94. The highest BCUT2D eigenvalue weighted by Crippen LogP contribution is 2.25. The Morgan fingerprint density at radius 2 is 1.66 bits per heavy atom. The van der Waals surface area contributed by atoms with Crippen molar-refractivity contribution in [3.05, 3.63) is 54.3 Å². The third-order valence-electron chi connectivity index (χ3n) is 5.55. The molecule has 0 spiro atoms. The molecular weight excluding hydrogens is 469 g/mol. The molecule has 0 atom stereocenters. The van der Waals surface area contributed by atoms with Crippen molar-refractivity contribution < 1.29 is 18.4 Å². The maximum Gasteiger partial charge on any atom is 0.277 e. The van der Waals surface area contributed by atoms with Gasteiger partial charge in [-0.1, -0.05) is 32.5 Å². The van der Waals surface area contributed by atoms with Crippen molar-refractivity contribution in [1.29, 1.82) is 0 Å². The number of nitrogens with zero attached hydrogens (tertiary/aromatic N) is 4. The van der Waals surface area contributed by atoms with Crippen molar-refractivity contribution in [3.8, 4) is 11.5 Å². The molecule has 4 rings (SSSR count). The predicted octanol–water partition coefficient (Wildman–Crippen LogP) is 4.30. The van der Waals surface area contributed by atoms with E-state index in [2.05, 4.69) is 20.4 Å². The number of hydrogen-bond donors (Lipinski definition) is 1. The van der Waals surface area contributed by atoms with E-state index in [0.29, 0.717) is 24.3 Å². The molecule has 1 aromatic heterocycles. The van der Waals surface area contributed by atoms with Crippen LogP contribution in [-0.4, -0.2) is 58.8 Å². The first-order valence-corrected chi connectivity index (χ1v) is 12.3. The summed E-state index contributed by atoms with van der Waals surface area (Å²) < 4.78 is 18.6. The van der Waals surface area contributed by atoms with Gasteiger partial charge in [-0.3, -0.25) is 9.59 Å². The van der Waals surface area contributed by atoms with Gasteiger partial charge in [-0.25, -0.2) is 4.39 Å². The maximum absolute atomic E-state index is 13.1. The Morgan fingerprint density at radius 3 is 2.29 bits per heavy atom. The number of anilines is 2. The van der Waals surface area contributed by atoms with Crippen LogP contribution in [0.2, 0.25) is 0 Å². The second kappa shape index (κ2) is 10.5. The van der Waals surface area contributed by atoms with E-state index in [0.717, 1.165) is 30.5 Å². The highest BCUT2D eigenvalue weighted by molar-refractivity contribution is 7.99. The van der Waals surface area contributed by atoms with Crippen LogP contribution < -0.4 is 10.2 Å². The zero-order valence-corrected chi connectivity index (χ0v) is 20.8. The topological polar surface area (TPSA) is 91.6 Å². The Bertz CT molecular complexity index is 1170. The smallest absolute Gasteiger partial charge is 0.277 e. The molecule has 1 saturated heterocycles. The highest BCUT2D eigenvalue weighted by Gasteiger charge is 2.29. The zero-order valence-electron chi connectivity index (χ0n) is 20.0. The number of rotatable bonds is 6. The number of carbonyl (C=O) groups excluding carboxylic acids is 2. The van der Waals surface area contributed by atoms with Gasteiger partial charge in [0.2, 0.25) is 17.7 Å². The van der Waals surface area contributed by atoms with Crippen LogP contribution in [0.15, 0.2) is 58.2 Å². The third kappa shape index (κ3) is 6.39. The number of carbonyl (C=O) groups is 2. The lowest BCUT2D eigenvalue weighted by Gasteiger charge is -2.38. The van der Waals surface area contributed by atoms with Gasteiger partial charge in [0.05, 0.1) is 5.75 Å². The lowest BCUT2D eigenvalue weighted by molar-refractivity contribution is -0.139. The molecule has 3 aromatic rings. The molecule has 35 heavy (non-hydrogen) atoms. The van der Waals surface area contributed by atoms with Gasteiger partial charge < -0.3 is 19.5 Å². The summed E-state index contributed by atoms with van der Waals surface area (Å²) in [4.78, 5) is 29.0. The van der Waals surface area contributed by atoms with Crippen LogP contribution in [0, 0.1) is 11.2 Å². The molecule has 0 unspecified atom stereocenters. The third-order valence-corrected chi connectivity index (χ3v) is 6.37. The fraction of sp³-hybridized carbons (Fsp3) is 0.360. The van der Waals surface area contributed by atoms with Gasteiger partial charge in [0.1, 0.15) is 5.82 Å². The molecule has 1 N–H and O–H groups in total. The van der Waals surface area contributed by atoms with E-state index in [1.807, 2.05) is 49.9 Å². The van der Waals surface area contributed by atoms with Crippen molar-refractivity contribution in [1.82, 2.24) is 15.1 Å². The number of amides is 2. The second-order valence-corrected chi connectivity index (χ2v) is 10.2. The molecule has 0 bridgehead atoms. The minimum absolute atomic E-state index is 0.108. The van der Waals surface area contributed by atoms with Gasteiger partial charge in [0, 0.05) is 48.5 Å². The summed E-state index contributed by atoms with van der Waals surface area (Å²) in [5, 5.41) is 11.0. The summed E-state index contributed by atoms with van der Waals surface area (Å²) in [5.74, 6) is 0.0185. The molecule has 8 nitrogen and oxygen atoms in total.